The second kappa shape index (κ2) is 6.35. The summed E-state index contributed by atoms with van der Waals surface area (Å²) in [5.41, 5.74) is 13.6. The summed E-state index contributed by atoms with van der Waals surface area (Å²) in [4.78, 5) is 12.2. The molecule has 136 valence electrons. The summed E-state index contributed by atoms with van der Waals surface area (Å²) in [5.74, 6) is 0.727. The molecule has 3 aromatic heterocycles. The smallest absolute Gasteiger partial charge is 0.159 e. The number of benzene rings is 2. The Morgan fingerprint density at radius 1 is 0.929 bits per heavy atom. The van der Waals surface area contributed by atoms with Crippen molar-refractivity contribution in [1.82, 2.24) is 25.1 Å². The summed E-state index contributed by atoms with van der Waals surface area (Å²) in [6.45, 7) is 2.01. The number of nitrogens with two attached hydrogens (primary N) is 1. The fourth-order valence-electron chi connectivity index (χ4n) is 3.40. The molecule has 3 heterocycles. The Hall–Kier alpha value is -3.93. The van der Waals surface area contributed by atoms with Crippen LogP contribution in [0, 0.1) is 6.92 Å². The van der Waals surface area contributed by atoms with Crippen molar-refractivity contribution >= 4 is 16.6 Å². The summed E-state index contributed by atoms with van der Waals surface area (Å²) in [7, 11) is 0. The summed E-state index contributed by atoms with van der Waals surface area (Å²) < 4.78 is 0. The van der Waals surface area contributed by atoms with Crippen LogP contribution in [-0.2, 0) is 0 Å². The maximum atomic E-state index is 6.03. The quantitative estimate of drug-likeness (QED) is 0.436. The van der Waals surface area contributed by atoms with E-state index in [9.17, 15) is 0 Å². The van der Waals surface area contributed by atoms with Crippen LogP contribution in [0.4, 0.5) is 5.69 Å². The van der Waals surface area contributed by atoms with Gasteiger partial charge in [0, 0.05) is 17.1 Å². The molecule has 28 heavy (non-hydrogen) atoms. The monoisotopic (exact) mass is 366 g/mol. The Morgan fingerprint density at radius 2 is 1.79 bits per heavy atom. The molecule has 0 amide bonds. The Bertz CT molecular complexity index is 1280. The first-order chi connectivity index (χ1) is 13.7. The van der Waals surface area contributed by atoms with Crippen molar-refractivity contribution in [2.75, 3.05) is 5.73 Å². The molecule has 6 heteroatoms. The van der Waals surface area contributed by atoms with E-state index in [2.05, 4.69) is 31.2 Å². The van der Waals surface area contributed by atoms with E-state index in [4.69, 9.17) is 5.73 Å². The molecular weight excluding hydrogens is 348 g/mol. The second-order valence-electron chi connectivity index (χ2n) is 6.75. The first-order valence-electron chi connectivity index (χ1n) is 9.00. The van der Waals surface area contributed by atoms with Gasteiger partial charge in [-0.3, -0.25) is 10.1 Å². The number of anilines is 1. The molecule has 0 saturated heterocycles. The van der Waals surface area contributed by atoms with Crippen molar-refractivity contribution < 1.29 is 0 Å². The first-order valence-corrected chi connectivity index (χ1v) is 9.00. The van der Waals surface area contributed by atoms with Crippen molar-refractivity contribution in [2.24, 2.45) is 0 Å². The molecule has 6 nitrogen and oxygen atoms in total. The minimum atomic E-state index is 0.684. The van der Waals surface area contributed by atoms with Gasteiger partial charge in [-0.05, 0) is 35.7 Å². The van der Waals surface area contributed by atoms with Crippen LogP contribution < -0.4 is 5.73 Å². The lowest BCUT2D eigenvalue weighted by Gasteiger charge is -2.08. The number of nitrogens with zero attached hydrogens (tertiary/aromatic N) is 3. The molecule has 4 N–H and O–H groups in total. The minimum Gasteiger partial charge on any atom is -0.397 e. The Balaban J connectivity index is 1.62. The molecule has 0 aliphatic rings. The third-order valence-corrected chi connectivity index (χ3v) is 5.01. The van der Waals surface area contributed by atoms with Crippen LogP contribution in [0.2, 0.25) is 0 Å². The van der Waals surface area contributed by atoms with Gasteiger partial charge in [0.25, 0.3) is 0 Å². The van der Waals surface area contributed by atoms with Crippen LogP contribution in [0.1, 0.15) is 5.56 Å². The summed E-state index contributed by atoms with van der Waals surface area (Å²) in [5, 5.41) is 8.57. The molecule has 0 spiro atoms. The lowest BCUT2D eigenvalue weighted by atomic mass is 10.00. The molecule has 0 bridgehead atoms. The molecule has 5 rings (SSSR count). The van der Waals surface area contributed by atoms with Gasteiger partial charge in [0.15, 0.2) is 5.82 Å². The number of nitrogen functional groups attached to an aromatic ring is 1. The standard InChI is InChI=1S/C22H18N6/c1-13-17(10-24-11-18(13)23)15-7-8-19-16(9-15)21(28-27-19)22-25-12-20(26-22)14-5-3-2-4-6-14/h2-12H,23H2,1H3,(H,25,26)(H,27,28). The van der Waals surface area contributed by atoms with Crippen molar-refractivity contribution in [3.05, 3.63) is 72.7 Å². The summed E-state index contributed by atoms with van der Waals surface area (Å²) in [6, 6.07) is 16.3. The van der Waals surface area contributed by atoms with Gasteiger partial charge >= 0.3 is 0 Å². The Labute approximate surface area is 161 Å². The number of nitrogens with one attached hydrogen (secondary N) is 2. The van der Waals surface area contributed by atoms with Crippen LogP contribution in [0.5, 0.6) is 0 Å². The number of aromatic nitrogens is 5. The topological polar surface area (TPSA) is 96.3 Å². The van der Waals surface area contributed by atoms with E-state index in [1.54, 1.807) is 6.20 Å². The number of rotatable bonds is 3. The lowest BCUT2D eigenvalue weighted by Crippen LogP contribution is -1.94. The number of pyridine rings is 1. The molecule has 0 fully saturated rings. The fraction of sp³-hybridized carbons (Fsp3) is 0.0455. The van der Waals surface area contributed by atoms with Crippen molar-refractivity contribution in [3.8, 4) is 33.9 Å². The van der Waals surface area contributed by atoms with Gasteiger partial charge in [-0.15, -0.1) is 0 Å². The van der Waals surface area contributed by atoms with Crippen molar-refractivity contribution in [1.29, 1.82) is 0 Å². The molecule has 0 aliphatic heterocycles. The van der Waals surface area contributed by atoms with E-state index in [0.717, 1.165) is 50.4 Å². The van der Waals surface area contributed by atoms with Gasteiger partial charge in [0.2, 0.25) is 0 Å². The summed E-state index contributed by atoms with van der Waals surface area (Å²) in [6.07, 6.45) is 5.35. The number of aromatic amines is 2. The highest BCUT2D eigenvalue weighted by Gasteiger charge is 2.14. The average molecular weight is 366 g/mol. The van der Waals surface area contributed by atoms with E-state index in [1.165, 1.54) is 0 Å². The number of fused-ring (bicyclic) bond motifs is 1. The molecule has 5 aromatic rings. The average Bonchev–Trinajstić information content (AvgIpc) is 3.37. The highest BCUT2D eigenvalue weighted by atomic mass is 15.1. The Kier molecular flexibility index (Phi) is 3.69. The molecule has 0 atom stereocenters. The highest BCUT2D eigenvalue weighted by molar-refractivity contribution is 5.95. The number of hydrogen-bond donors (Lipinski definition) is 3. The predicted octanol–water partition coefficient (Wildman–Crippen LogP) is 4.57. The maximum Gasteiger partial charge on any atom is 0.159 e. The SMILES string of the molecule is Cc1c(N)cncc1-c1ccc2[nH]nc(-c3ncc(-c4ccccc4)[nH]3)c2c1. The van der Waals surface area contributed by atoms with E-state index < -0.39 is 0 Å². The van der Waals surface area contributed by atoms with E-state index in [0.29, 0.717) is 5.69 Å². The van der Waals surface area contributed by atoms with Crippen LogP contribution in [0.3, 0.4) is 0 Å². The van der Waals surface area contributed by atoms with Crippen LogP contribution in [-0.4, -0.2) is 25.1 Å². The van der Waals surface area contributed by atoms with Crippen LogP contribution in [0.15, 0.2) is 67.1 Å². The molecule has 0 saturated carbocycles. The molecule has 0 aliphatic carbocycles. The number of H-pyrrole nitrogens is 2. The van der Waals surface area contributed by atoms with Crippen molar-refractivity contribution in [2.45, 2.75) is 6.92 Å². The van der Waals surface area contributed by atoms with Crippen LogP contribution in [0.25, 0.3) is 44.8 Å². The molecular formula is C22H18N6. The van der Waals surface area contributed by atoms with Crippen molar-refractivity contribution in [3.63, 3.8) is 0 Å². The minimum absolute atomic E-state index is 0.684. The largest absolute Gasteiger partial charge is 0.397 e. The Morgan fingerprint density at radius 3 is 2.64 bits per heavy atom. The van der Waals surface area contributed by atoms with Gasteiger partial charge in [-0.2, -0.15) is 5.10 Å². The van der Waals surface area contributed by atoms with Crippen LogP contribution >= 0.6 is 0 Å². The van der Waals surface area contributed by atoms with Gasteiger partial charge < -0.3 is 10.7 Å². The second-order valence-corrected chi connectivity index (χ2v) is 6.75. The summed E-state index contributed by atoms with van der Waals surface area (Å²) >= 11 is 0. The van der Waals surface area contributed by atoms with Gasteiger partial charge in [0.1, 0.15) is 5.69 Å². The van der Waals surface area contributed by atoms with Gasteiger partial charge in [-0.1, -0.05) is 36.4 Å². The molecule has 0 unspecified atom stereocenters. The highest BCUT2D eigenvalue weighted by Crippen LogP contribution is 2.32. The zero-order valence-electron chi connectivity index (χ0n) is 15.3. The third-order valence-electron chi connectivity index (χ3n) is 5.01. The third kappa shape index (κ3) is 2.63. The van der Waals surface area contributed by atoms with E-state index in [-0.39, 0.29) is 0 Å². The molecule has 0 radical (unpaired) electrons. The first kappa shape index (κ1) is 16.3. The lowest BCUT2D eigenvalue weighted by molar-refractivity contribution is 1.10. The van der Waals surface area contributed by atoms with E-state index >= 15 is 0 Å². The number of hydrogen-bond acceptors (Lipinski definition) is 4. The zero-order chi connectivity index (χ0) is 19.1. The zero-order valence-corrected chi connectivity index (χ0v) is 15.3. The predicted molar refractivity (Wildman–Crippen MR) is 111 cm³/mol. The normalized spacial score (nSPS) is 11.2. The maximum absolute atomic E-state index is 6.03. The fourth-order valence-corrected chi connectivity index (χ4v) is 3.40. The van der Waals surface area contributed by atoms with E-state index in [1.807, 2.05) is 61.8 Å². The molecule has 2 aromatic carbocycles. The van der Waals surface area contributed by atoms with Gasteiger partial charge in [0.05, 0.1) is 29.3 Å². The number of imidazole rings is 1. The van der Waals surface area contributed by atoms with Gasteiger partial charge in [-0.25, -0.2) is 4.98 Å².